The van der Waals surface area contributed by atoms with Crippen LogP contribution in [0.3, 0.4) is 0 Å². The van der Waals surface area contributed by atoms with E-state index < -0.39 is 17.8 Å². The van der Waals surface area contributed by atoms with Crippen molar-refractivity contribution in [3.63, 3.8) is 0 Å². The molecule has 5 nitrogen and oxygen atoms in total. The van der Waals surface area contributed by atoms with Gasteiger partial charge in [-0.25, -0.2) is 0 Å². The van der Waals surface area contributed by atoms with E-state index in [0.29, 0.717) is 12.9 Å². The zero-order valence-electron chi connectivity index (χ0n) is 6.27. The van der Waals surface area contributed by atoms with Crippen LogP contribution in [-0.4, -0.2) is 47.3 Å². The van der Waals surface area contributed by atoms with Crippen LogP contribution in [-0.2, 0) is 14.2 Å². The Hall–Kier alpha value is -0.200. The molecular weight excluding hydrogens is 164 g/mol. The van der Waals surface area contributed by atoms with Crippen molar-refractivity contribution in [3.8, 4) is 0 Å². The smallest absolute Gasteiger partial charge is 0.263 e. The molecule has 0 amide bonds. The summed E-state index contributed by atoms with van der Waals surface area (Å²) in [5, 5.41) is 18.5. The Morgan fingerprint density at radius 3 is 3.00 bits per heavy atom. The summed E-state index contributed by atoms with van der Waals surface area (Å²) < 4.78 is 15.6. The number of ether oxygens (including phenoxy) is 3. The van der Waals surface area contributed by atoms with Crippen LogP contribution in [0.2, 0.25) is 0 Å². The molecule has 3 aliphatic heterocycles. The van der Waals surface area contributed by atoms with Crippen LogP contribution in [0.5, 0.6) is 0 Å². The van der Waals surface area contributed by atoms with Gasteiger partial charge in [0.1, 0.15) is 18.3 Å². The molecule has 0 aliphatic carbocycles. The summed E-state index contributed by atoms with van der Waals surface area (Å²) in [7, 11) is 0. The van der Waals surface area contributed by atoms with Crippen molar-refractivity contribution in [1.82, 2.24) is 0 Å². The standard InChI is InChI=1S/C7H9O5/c8-1-3-5(9)7-4(12-7)2-10-6(7)11-3/h3-5,8-9H,1-2H2/t3-,4?,5-,7+/m1/s1. The predicted molar refractivity (Wildman–Crippen MR) is 34.8 cm³/mol. The average Bonchev–Trinajstić information content (AvgIpc) is 2.61. The summed E-state index contributed by atoms with van der Waals surface area (Å²) in [5.41, 5.74) is -0.729. The van der Waals surface area contributed by atoms with Crippen LogP contribution in [0.1, 0.15) is 0 Å². The maximum Gasteiger partial charge on any atom is 0.263 e. The highest BCUT2D eigenvalue weighted by atomic mass is 16.8. The van der Waals surface area contributed by atoms with E-state index in [1.165, 1.54) is 0 Å². The average molecular weight is 173 g/mol. The zero-order chi connectivity index (χ0) is 8.34. The molecular formula is C7H9O5. The highest BCUT2D eigenvalue weighted by molar-refractivity contribution is 5.27. The minimum Gasteiger partial charge on any atom is -0.394 e. The molecule has 1 radical (unpaired) electrons. The Kier molecular flexibility index (Phi) is 1.20. The molecule has 4 atom stereocenters. The van der Waals surface area contributed by atoms with Gasteiger partial charge in [-0.1, -0.05) is 0 Å². The summed E-state index contributed by atoms with van der Waals surface area (Å²) in [6.07, 6.45) is -1.10. The number of aliphatic hydroxyl groups is 2. The van der Waals surface area contributed by atoms with E-state index in [0.717, 1.165) is 0 Å². The third-order valence-electron chi connectivity index (χ3n) is 2.67. The highest BCUT2D eigenvalue weighted by Crippen LogP contribution is 2.58. The monoisotopic (exact) mass is 173 g/mol. The van der Waals surface area contributed by atoms with E-state index in [4.69, 9.17) is 19.3 Å². The molecule has 0 bridgehead atoms. The lowest BCUT2D eigenvalue weighted by Gasteiger charge is -2.10. The van der Waals surface area contributed by atoms with Crippen molar-refractivity contribution in [2.75, 3.05) is 13.2 Å². The van der Waals surface area contributed by atoms with Gasteiger partial charge in [0.05, 0.1) is 13.2 Å². The fraction of sp³-hybridized carbons (Fsp3) is 0.857. The molecule has 2 N–H and O–H groups in total. The molecule has 1 unspecified atom stereocenters. The number of hydrogen-bond acceptors (Lipinski definition) is 5. The molecule has 0 aromatic rings. The van der Waals surface area contributed by atoms with Gasteiger partial charge >= 0.3 is 0 Å². The predicted octanol–water partition coefficient (Wildman–Crippen LogP) is -1.60. The summed E-state index contributed by atoms with van der Waals surface area (Å²) in [5.74, 6) is 0. The second-order valence-corrected chi connectivity index (χ2v) is 3.28. The van der Waals surface area contributed by atoms with Crippen molar-refractivity contribution < 1.29 is 24.4 Å². The summed E-state index contributed by atoms with van der Waals surface area (Å²) in [6.45, 7) is 0.233. The normalized spacial score (nSPS) is 57.0. The largest absolute Gasteiger partial charge is 0.394 e. The van der Waals surface area contributed by atoms with E-state index in [1.54, 1.807) is 0 Å². The molecule has 0 aromatic heterocycles. The molecule has 0 aromatic carbocycles. The third-order valence-corrected chi connectivity index (χ3v) is 2.67. The molecule has 0 saturated carbocycles. The van der Waals surface area contributed by atoms with Crippen LogP contribution in [0.4, 0.5) is 0 Å². The van der Waals surface area contributed by atoms with Gasteiger partial charge in [-0.15, -0.1) is 0 Å². The van der Waals surface area contributed by atoms with Gasteiger partial charge in [0.2, 0.25) is 0 Å². The lowest BCUT2D eigenvalue weighted by Crippen LogP contribution is -2.35. The van der Waals surface area contributed by atoms with Crippen molar-refractivity contribution in [1.29, 1.82) is 0 Å². The van der Waals surface area contributed by atoms with Crippen molar-refractivity contribution in [3.05, 3.63) is 6.29 Å². The van der Waals surface area contributed by atoms with Crippen molar-refractivity contribution in [2.45, 2.75) is 23.9 Å². The van der Waals surface area contributed by atoms with Gasteiger partial charge in [0.25, 0.3) is 6.29 Å². The first kappa shape index (κ1) is 7.23. The van der Waals surface area contributed by atoms with E-state index in [1.807, 2.05) is 0 Å². The first-order valence-electron chi connectivity index (χ1n) is 3.92. The minimum absolute atomic E-state index is 0.0703. The molecule has 12 heavy (non-hydrogen) atoms. The molecule has 3 saturated heterocycles. The Morgan fingerprint density at radius 2 is 2.42 bits per heavy atom. The second-order valence-electron chi connectivity index (χ2n) is 3.28. The van der Waals surface area contributed by atoms with Crippen LogP contribution >= 0.6 is 0 Å². The first-order chi connectivity index (χ1) is 5.79. The Balaban J connectivity index is 1.89. The fourth-order valence-corrected chi connectivity index (χ4v) is 1.93. The molecule has 1 spiro atoms. The first-order valence-corrected chi connectivity index (χ1v) is 3.92. The SMILES string of the molecule is OC[C@H]1O[C]2OCC3O[C@@]23[C@@H]1O. The fourth-order valence-electron chi connectivity index (χ4n) is 1.93. The summed E-state index contributed by atoms with van der Waals surface area (Å²) in [6, 6.07) is 0. The number of epoxide rings is 1. The van der Waals surface area contributed by atoms with Crippen molar-refractivity contribution in [2.24, 2.45) is 0 Å². The van der Waals surface area contributed by atoms with Crippen LogP contribution < -0.4 is 0 Å². The van der Waals surface area contributed by atoms with Gasteiger partial charge in [0, 0.05) is 0 Å². The van der Waals surface area contributed by atoms with Gasteiger partial charge in [0.15, 0.2) is 5.60 Å². The zero-order valence-corrected chi connectivity index (χ0v) is 6.27. The molecule has 5 heteroatoms. The van der Waals surface area contributed by atoms with Crippen LogP contribution in [0.15, 0.2) is 0 Å². The Bertz CT molecular complexity index is 220. The third kappa shape index (κ3) is 0.592. The van der Waals surface area contributed by atoms with E-state index in [9.17, 15) is 5.11 Å². The Labute approximate surface area is 68.8 Å². The van der Waals surface area contributed by atoms with Gasteiger partial charge in [-0.3, -0.25) is 0 Å². The van der Waals surface area contributed by atoms with E-state index in [2.05, 4.69) is 0 Å². The summed E-state index contributed by atoms with van der Waals surface area (Å²) >= 11 is 0. The molecule has 67 valence electrons. The summed E-state index contributed by atoms with van der Waals surface area (Å²) in [4.78, 5) is 0. The van der Waals surface area contributed by atoms with Crippen LogP contribution in [0, 0.1) is 6.29 Å². The minimum atomic E-state index is -0.787. The topological polar surface area (TPSA) is 71.5 Å². The molecule has 3 heterocycles. The lowest BCUT2D eigenvalue weighted by atomic mass is 9.99. The van der Waals surface area contributed by atoms with Gasteiger partial charge in [-0.05, 0) is 0 Å². The van der Waals surface area contributed by atoms with Crippen molar-refractivity contribution >= 4 is 0 Å². The molecule has 3 aliphatic rings. The Morgan fingerprint density at radius 1 is 1.58 bits per heavy atom. The second kappa shape index (κ2) is 2.00. The highest BCUT2D eigenvalue weighted by Gasteiger charge is 2.78. The van der Waals surface area contributed by atoms with Gasteiger partial charge < -0.3 is 24.4 Å². The van der Waals surface area contributed by atoms with Gasteiger partial charge in [-0.2, -0.15) is 0 Å². The quantitative estimate of drug-likeness (QED) is 0.467. The molecule has 3 fully saturated rings. The van der Waals surface area contributed by atoms with Crippen LogP contribution in [0.25, 0.3) is 0 Å². The maximum atomic E-state index is 9.65. The van der Waals surface area contributed by atoms with E-state index in [-0.39, 0.29) is 12.7 Å². The number of hydrogen-bond donors (Lipinski definition) is 2. The number of aliphatic hydroxyl groups excluding tert-OH is 2. The molecule has 3 rings (SSSR count). The number of rotatable bonds is 1. The van der Waals surface area contributed by atoms with E-state index >= 15 is 0 Å². The maximum absolute atomic E-state index is 9.65. The lowest BCUT2D eigenvalue weighted by molar-refractivity contribution is -0.0719.